The van der Waals surface area contributed by atoms with Gasteiger partial charge in [-0.2, -0.15) is 9.40 Å². The molecule has 0 radical (unpaired) electrons. The van der Waals surface area contributed by atoms with Crippen LogP contribution in [0.4, 0.5) is 5.69 Å². The molecule has 0 aliphatic heterocycles. The van der Waals surface area contributed by atoms with Crippen molar-refractivity contribution in [1.29, 1.82) is 0 Å². The third-order valence-electron chi connectivity index (χ3n) is 9.05. The van der Waals surface area contributed by atoms with E-state index in [1.165, 1.54) is 23.6 Å². The Morgan fingerprint density at radius 3 is 2.10 bits per heavy atom. The minimum Gasteiger partial charge on any atom is -0.497 e. The van der Waals surface area contributed by atoms with Crippen LogP contribution in [0.5, 0.6) is 11.5 Å². The maximum atomic E-state index is 14.9. The van der Waals surface area contributed by atoms with Crippen LogP contribution in [0.15, 0.2) is 96.0 Å². The number of anilines is 1. The Bertz CT molecular complexity index is 1960. The standard InChI is InChI=1S/C38H41ClN4O5S/c1-47-32-16-12-28(13-17-32)24-43(25-29-14-18-33(48-2)19-15-29)49(45,46)37-22-31(40-38(44)20-30-10-6-7-11-35(30)39)21-36-34(37)26-42(41-36)23-27-8-4-3-5-9-27/h6-7,10-19,21-22,26-27H,3-5,8-9,20,23-25H2,1-2H3,(H,40,44). The van der Waals surface area contributed by atoms with Crippen LogP contribution in [0.25, 0.3) is 10.9 Å². The van der Waals surface area contributed by atoms with Gasteiger partial charge in [0.1, 0.15) is 11.5 Å². The van der Waals surface area contributed by atoms with Crippen molar-refractivity contribution in [3.63, 3.8) is 0 Å². The van der Waals surface area contributed by atoms with E-state index in [0.29, 0.717) is 51.1 Å². The first-order valence-electron chi connectivity index (χ1n) is 16.5. The average Bonchev–Trinajstić information content (AvgIpc) is 3.51. The van der Waals surface area contributed by atoms with Crippen molar-refractivity contribution in [3.8, 4) is 11.5 Å². The summed E-state index contributed by atoms with van der Waals surface area (Å²) in [7, 11) is -0.969. The van der Waals surface area contributed by atoms with Crippen molar-refractivity contribution in [3.05, 3.63) is 113 Å². The molecule has 1 saturated carbocycles. The number of amides is 1. The number of hydrogen-bond acceptors (Lipinski definition) is 6. The molecule has 0 spiro atoms. The number of methoxy groups -OCH3 is 2. The van der Waals surface area contributed by atoms with Gasteiger partial charge in [0.2, 0.25) is 15.9 Å². The number of carbonyl (C=O) groups is 1. The molecule has 1 N–H and O–H groups in total. The van der Waals surface area contributed by atoms with Gasteiger partial charge in [-0.05, 0) is 77.9 Å². The van der Waals surface area contributed by atoms with Crippen LogP contribution in [0.2, 0.25) is 5.02 Å². The fraction of sp³-hybridized carbons (Fsp3) is 0.316. The molecule has 0 unspecified atom stereocenters. The van der Waals surface area contributed by atoms with E-state index < -0.39 is 10.0 Å². The lowest BCUT2D eigenvalue weighted by Gasteiger charge is -2.24. The molecule has 11 heteroatoms. The van der Waals surface area contributed by atoms with Crippen LogP contribution in [-0.4, -0.2) is 42.6 Å². The number of hydrogen-bond donors (Lipinski definition) is 1. The summed E-state index contributed by atoms with van der Waals surface area (Å²) in [6.45, 7) is 0.933. The smallest absolute Gasteiger partial charge is 0.244 e. The summed E-state index contributed by atoms with van der Waals surface area (Å²) < 4.78 is 43.7. The largest absolute Gasteiger partial charge is 0.497 e. The number of nitrogens with zero attached hydrogens (tertiary/aromatic N) is 3. The molecule has 1 fully saturated rings. The van der Waals surface area contributed by atoms with E-state index in [0.717, 1.165) is 24.0 Å². The molecule has 49 heavy (non-hydrogen) atoms. The van der Waals surface area contributed by atoms with E-state index in [4.69, 9.17) is 26.2 Å². The summed E-state index contributed by atoms with van der Waals surface area (Å²) in [5, 5.41) is 8.76. The summed E-state index contributed by atoms with van der Waals surface area (Å²) >= 11 is 6.33. The Kier molecular flexibility index (Phi) is 10.9. The second-order valence-electron chi connectivity index (χ2n) is 12.5. The molecule has 1 aliphatic rings. The summed E-state index contributed by atoms with van der Waals surface area (Å²) in [5.74, 6) is 1.53. The van der Waals surface area contributed by atoms with Crippen LogP contribution >= 0.6 is 11.6 Å². The van der Waals surface area contributed by atoms with Crippen molar-refractivity contribution in [1.82, 2.24) is 14.1 Å². The van der Waals surface area contributed by atoms with E-state index in [9.17, 15) is 13.2 Å². The number of sulfonamides is 1. The number of fused-ring (bicyclic) bond motifs is 1. The molecule has 1 heterocycles. The van der Waals surface area contributed by atoms with Gasteiger partial charge in [-0.15, -0.1) is 0 Å². The number of benzene rings is 4. The fourth-order valence-electron chi connectivity index (χ4n) is 6.41. The maximum Gasteiger partial charge on any atom is 0.244 e. The van der Waals surface area contributed by atoms with E-state index in [1.807, 2.05) is 71.5 Å². The van der Waals surface area contributed by atoms with Crippen molar-refractivity contribution < 1.29 is 22.7 Å². The molecular weight excluding hydrogens is 660 g/mol. The molecule has 4 aromatic carbocycles. The zero-order valence-corrected chi connectivity index (χ0v) is 29.3. The Morgan fingerprint density at radius 1 is 0.898 bits per heavy atom. The summed E-state index contributed by atoms with van der Waals surface area (Å²) in [6.07, 6.45) is 7.76. The Labute approximate surface area is 292 Å². The molecule has 256 valence electrons. The average molecular weight is 701 g/mol. The number of aromatic nitrogens is 2. The second-order valence-corrected chi connectivity index (χ2v) is 14.9. The van der Waals surface area contributed by atoms with Gasteiger partial charge in [0.15, 0.2) is 0 Å². The Balaban J connectivity index is 1.40. The van der Waals surface area contributed by atoms with Crippen molar-refractivity contribution in [2.45, 2.75) is 63.1 Å². The number of carbonyl (C=O) groups excluding carboxylic acids is 1. The van der Waals surface area contributed by atoms with Crippen molar-refractivity contribution >= 4 is 44.1 Å². The van der Waals surface area contributed by atoms with Crippen molar-refractivity contribution in [2.75, 3.05) is 19.5 Å². The molecular formula is C38H41ClN4O5S. The summed E-state index contributed by atoms with van der Waals surface area (Å²) in [5.41, 5.74) is 3.12. The van der Waals surface area contributed by atoms with Gasteiger partial charge >= 0.3 is 0 Å². The van der Waals surface area contributed by atoms with E-state index in [1.54, 1.807) is 38.5 Å². The van der Waals surface area contributed by atoms with E-state index in [2.05, 4.69) is 5.32 Å². The molecule has 5 aromatic rings. The predicted octanol–water partition coefficient (Wildman–Crippen LogP) is 7.86. The van der Waals surface area contributed by atoms with Crippen LogP contribution < -0.4 is 14.8 Å². The lowest BCUT2D eigenvalue weighted by molar-refractivity contribution is -0.115. The highest BCUT2D eigenvalue weighted by Crippen LogP contribution is 2.33. The van der Waals surface area contributed by atoms with Gasteiger partial charge in [0, 0.05) is 41.9 Å². The molecule has 0 saturated heterocycles. The Hall–Kier alpha value is -4.38. The minimum atomic E-state index is -4.15. The maximum absolute atomic E-state index is 14.9. The van der Waals surface area contributed by atoms with Gasteiger partial charge < -0.3 is 14.8 Å². The first-order chi connectivity index (χ1) is 23.7. The molecule has 9 nitrogen and oxygen atoms in total. The Morgan fingerprint density at radius 2 is 1.51 bits per heavy atom. The van der Waals surface area contributed by atoms with Crippen LogP contribution in [0.3, 0.4) is 0 Å². The van der Waals surface area contributed by atoms with Crippen LogP contribution in [-0.2, 0) is 40.9 Å². The minimum absolute atomic E-state index is 0.0387. The summed E-state index contributed by atoms with van der Waals surface area (Å²) in [6, 6.07) is 25.2. The molecule has 0 bridgehead atoms. The fourth-order valence-corrected chi connectivity index (χ4v) is 8.24. The van der Waals surface area contributed by atoms with Crippen LogP contribution in [0.1, 0.15) is 48.8 Å². The highest BCUT2D eigenvalue weighted by atomic mass is 35.5. The highest BCUT2D eigenvalue weighted by molar-refractivity contribution is 7.89. The molecule has 1 aliphatic carbocycles. The number of halogens is 1. The van der Waals surface area contributed by atoms with Crippen molar-refractivity contribution in [2.24, 2.45) is 5.92 Å². The first-order valence-corrected chi connectivity index (χ1v) is 18.3. The molecule has 1 amide bonds. The zero-order chi connectivity index (χ0) is 34.4. The van der Waals surface area contributed by atoms with Gasteiger partial charge in [-0.25, -0.2) is 8.42 Å². The quantitative estimate of drug-likeness (QED) is 0.134. The van der Waals surface area contributed by atoms with Gasteiger partial charge in [-0.1, -0.05) is 73.3 Å². The molecule has 0 atom stereocenters. The van der Waals surface area contributed by atoms with Gasteiger partial charge in [-0.3, -0.25) is 9.48 Å². The van der Waals surface area contributed by atoms with Gasteiger partial charge in [0.05, 0.1) is 31.1 Å². The molecule has 1 aromatic heterocycles. The van der Waals surface area contributed by atoms with Gasteiger partial charge in [0.25, 0.3) is 0 Å². The zero-order valence-electron chi connectivity index (χ0n) is 27.8. The number of nitrogens with one attached hydrogen (secondary N) is 1. The summed E-state index contributed by atoms with van der Waals surface area (Å²) in [4.78, 5) is 13.3. The molecule has 6 rings (SSSR count). The number of rotatable bonds is 13. The highest BCUT2D eigenvalue weighted by Gasteiger charge is 2.29. The third-order valence-corrected chi connectivity index (χ3v) is 11.3. The number of ether oxygens (including phenoxy) is 2. The predicted molar refractivity (Wildman–Crippen MR) is 193 cm³/mol. The lowest BCUT2D eigenvalue weighted by atomic mass is 9.89. The lowest BCUT2D eigenvalue weighted by Crippen LogP contribution is -2.30. The second kappa shape index (κ2) is 15.4. The van der Waals surface area contributed by atoms with E-state index >= 15 is 0 Å². The van der Waals surface area contributed by atoms with Crippen LogP contribution in [0, 0.1) is 5.92 Å². The SMILES string of the molecule is COc1ccc(CN(Cc2ccc(OC)cc2)S(=O)(=O)c2cc(NC(=O)Cc3ccccc3Cl)cc3nn(CC4CCCCC4)cc23)cc1. The third kappa shape index (κ3) is 8.44. The first kappa shape index (κ1) is 34.5. The monoisotopic (exact) mass is 700 g/mol. The topological polar surface area (TPSA) is 103 Å². The normalized spacial score (nSPS) is 13.9. The van der Waals surface area contributed by atoms with E-state index in [-0.39, 0.29) is 30.3 Å².